The number of nitrogens with one attached hydrogen (secondary N) is 1. The van der Waals surface area contributed by atoms with Crippen LogP contribution in [0.5, 0.6) is 0 Å². The number of rotatable bonds is 3. The quantitative estimate of drug-likeness (QED) is 0.652. The number of amidine groups is 1. The molecular weight excluding hydrogens is 328 g/mol. The van der Waals surface area contributed by atoms with Crippen LogP contribution in [-0.2, 0) is 12.8 Å². The highest BCUT2D eigenvalue weighted by atomic mass is 79.9. The first kappa shape index (κ1) is 14.2. The molecule has 1 aliphatic carbocycles. The van der Waals surface area contributed by atoms with Gasteiger partial charge in [-0.1, -0.05) is 36.1 Å². The van der Waals surface area contributed by atoms with Crippen LogP contribution in [0.25, 0.3) is 0 Å². The Hall–Kier alpha value is -1.21. The van der Waals surface area contributed by atoms with Crippen molar-refractivity contribution >= 4 is 32.9 Å². The third-order valence-corrected chi connectivity index (χ3v) is 4.53. The van der Waals surface area contributed by atoms with Crippen molar-refractivity contribution in [2.45, 2.75) is 18.2 Å². The largest absolute Gasteiger partial charge is 0.379 e. The summed E-state index contributed by atoms with van der Waals surface area (Å²) in [5.41, 5.74) is 6.14. The number of thioether (sulfide) groups is 1. The maximum absolute atomic E-state index is 12.3. The summed E-state index contributed by atoms with van der Waals surface area (Å²) in [6, 6.07) is 0.0369. The molecule has 1 atom stereocenters. The van der Waals surface area contributed by atoms with Gasteiger partial charge in [-0.25, -0.2) is 4.68 Å². The van der Waals surface area contributed by atoms with Crippen LogP contribution >= 0.6 is 27.7 Å². The summed E-state index contributed by atoms with van der Waals surface area (Å²) in [5.74, 6) is 0.501. The Morgan fingerprint density at radius 1 is 1.63 bits per heavy atom. The van der Waals surface area contributed by atoms with Crippen LogP contribution in [0.4, 0.5) is 0 Å². The molecule has 0 saturated heterocycles. The number of nitrogens with zero attached hydrogens (tertiary/aromatic N) is 2. The number of hydrogen-bond acceptors (Lipinski definition) is 3. The molecule has 0 aliphatic heterocycles. The van der Waals surface area contributed by atoms with Crippen LogP contribution in [0.1, 0.15) is 18.2 Å². The first-order valence-electron chi connectivity index (χ1n) is 5.78. The minimum atomic E-state index is -0.0494. The normalized spacial score (nSPS) is 17.9. The molecule has 0 saturated carbocycles. The van der Waals surface area contributed by atoms with E-state index in [9.17, 15) is 4.79 Å². The summed E-state index contributed by atoms with van der Waals surface area (Å²) < 4.78 is 4.11. The Bertz CT molecular complexity index is 614. The first-order valence-corrected chi connectivity index (χ1v) is 7.56. The molecule has 0 aromatic carbocycles. The molecule has 0 amide bonds. The Morgan fingerprint density at radius 3 is 2.95 bits per heavy atom. The molecule has 1 heterocycles. The predicted molar refractivity (Wildman–Crippen MR) is 82.5 cm³/mol. The number of halogens is 1. The molecule has 5 nitrogen and oxygen atoms in total. The van der Waals surface area contributed by atoms with Gasteiger partial charge in [0.25, 0.3) is 5.56 Å². The van der Waals surface area contributed by atoms with Crippen LogP contribution in [0.3, 0.4) is 0 Å². The number of hydrogen-bond donors (Lipinski definition) is 2. The van der Waals surface area contributed by atoms with E-state index in [4.69, 9.17) is 11.1 Å². The van der Waals surface area contributed by atoms with Crippen molar-refractivity contribution in [3.8, 4) is 0 Å². The van der Waals surface area contributed by atoms with E-state index in [0.29, 0.717) is 10.2 Å². The molecule has 1 aromatic heterocycles. The summed E-state index contributed by atoms with van der Waals surface area (Å²) in [5, 5.41) is 7.30. The van der Waals surface area contributed by atoms with Gasteiger partial charge in [0, 0.05) is 12.8 Å². The fourth-order valence-electron chi connectivity index (χ4n) is 2.06. The Balaban J connectivity index is 2.37. The van der Waals surface area contributed by atoms with Crippen molar-refractivity contribution in [2.75, 3.05) is 0 Å². The molecule has 1 aliphatic rings. The fourth-order valence-corrected chi connectivity index (χ4v) is 3.44. The van der Waals surface area contributed by atoms with Gasteiger partial charge < -0.3 is 5.73 Å². The zero-order valence-electron chi connectivity index (χ0n) is 10.5. The second-order valence-electron chi connectivity index (χ2n) is 4.20. The summed E-state index contributed by atoms with van der Waals surface area (Å²) >= 11 is 4.56. The Labute approximate surface area is 123 Å². The van der Waals surface area contributed by atoms with Crippen molar-refractivity contribution in [3.05, 3.63) is 44.8 Å². The van der Waals surface area contributed by atoms with Crippen molar-refractivity contribution in [3.63, 3.8) is 0 Å². The van der Waals surface area contributed by atoms with Gasteiger partial charge in [-0.15, -0.1) is 0 Å². The smallest absolute Gasteiger partial charge is 0.281 e. The van der Waals surface area contributed by atoms with E-state index in [0.717, 1.165) is 12.1 Å². The second-order valence-corrected chi connectivity index (χ2v) is 6.01. The minimum absolute atomic E-state index is 0.0369. The van der Waals surface area contributed by atoms with Gasteiger partial charge in [0.1, 0.15) is 4.47 Å². The lowest BCUT2D eigenvalue weighted by Gasteiger charge is -2.18. The van der Waals surface area contributed by atoms with Crippen LogP contribution in [0.15, 0.2) is 33.6 Å². The van der Waals surface area contributed by atoms with E-state index < -0.39 is 0 Å². The average molecular weight is 343 g/mol. The summed E-state index contributed by atoms with van der Waals surface area (Å²) in [4.78, 5) is 12.3. The minimum Gasteiger partial charge on any atom is -0.379 e. The molecule has 0 spiro atoms. The highest BCUT2D eigenvalue weighted by Gasteiger charge is 2.20. The van der Waals surface area contributed by atoms with Gasteiger partial charge >= 0.3 is 0 Å². The predicted octanol–water partition coefficient (Wildman–Crippen LogP) is 2.13. The summed E-state index contributed by atoms with van der Waals surface area (Å²) in [7, 11) is 1.86. The third-order valence-electron chi connectivity index (χ3n) is 3.00. The first-order chi connectivity index (χ1) is 9.02. The van der Waals surface area contributed by atoms with Gasteiger partial charge in [0.15, 0.2) is 5.17 Å². The van der Waals surface area contributed by atoms with E-state index in [2.05, 4.69) is 15.9 Å². The van der Waals surface area contributed by atoms with E-state index in [1.807, 2.05) is 36.0 Å². The molecule has 3 N–H and O–H groups in total. The van der Waals surface area contributed by atoms with Crippen molar-refractivity contribution in [1.82, 2.24) is 9.36 Å². The van der Waals surface area contributed by atoms with E-state index >= 15 is 0 Å². The zero-order chi connectivity index (χ0) is 14.0. The third kappa shape index (κ3) is 2.87. The SMILES string of the molecule is Cn1c(CSC(=N)N)c(Br)c(=O)n1C1C=CC=CC1. The summed E-state index contributed by atoms with van der Waals surface area (Å²) in [6.07, 6.45) is 8.79. The van der Waals surface area contributed by atoms with Crippen molar-refractivity contribution < 1.29 is 0 Å². The highest BCUT2D eigenvalue weighted by molar-refractivity contribution is 9.10. The maximum atomic E-state index is 12.3. The van der Waals surface area contributed by atoms with Gasteiger partial charge in [-0.2, -0.15) is 0 Å². The number of nitrogens with two attached hydrogens (primary N) is 1. The Morgan fingerprint density at radius 2 is 2.37 bits per heavy atom. The van der Waals surface area contributed by atoms with E-state index in [1.165, 1.54) is 11.8 Å². The summed E-state index contributed by atoms with van der Waals surface area (Å²) in [6.45, 7) is 0. The van der Waals surface area contributed by atoms with Crippen LogP contribution < -0.4 is 11.3 Å². The lowest BCUT2D eigenvalue weighted by Crippen LogP contribution is -2.26. The topological polar surface area (TPSA) is 76.8 Å². The lowest BCUT2D eigenvalue weighted by atomic mass is 10.1. The number of aromatic nitrogens is 2. The van der Waals surface area contributed by atoms with Gasteiger partial charge in [0.05, 0.1) is 11.7 Å². The molecule has 1 unspecified atom stereocenters. The second kappa shape index (κ2) is 5.83. The van der Waals surface area contributed by atoms with Gasteiger partial charge in [-0.3, -0.25) is 14.9 Å². The standard InChI is InChI=1S/C12H15BrN4OS/c1-16-9(7-19-12(14)15)10(13)11(18)17(16)8-5-3-2-4-6-8/h2-5,8H,6-7H2,1H3,(H3,14,15). The molecule has 102 valence electrons. The van der Waals surface area contributed by atoms with Crippen molar-refractivity contribution in [2.24, 2.45) is 12.8 Å². The van der Waals surface area contributed by atoms with E-state index in [1.54, 1.807) is 4.68 Å². The molecule has 0 fully saturated rings. The highest BCUT2D eigenvalue weighted by Crippen LogP contribution is 2.23. The van der Waals surface area contributed by atoms with Gasteiger partial charge in [0.2, 0.25) is 0 Å². The van der Waals surface area contributed by atoms with Gasteiger partial charge in [-0.05, 0) is 22.4 Å². The molecular formula is C12H15BrN4OS. The van der Waals surface area contributed by atoms with Crippen LogP contribution in [-0.4, -0.2) is 14.5 Å². The fraction of sp³-hybridized carbons (Fsp3) is 0.333. The lowest BCUT2D eigenvalue weighted by molar-refractivity contribution is 0.439. The average Bonchev–Trinajstić information content (AvgIpc) is 2.59. The maximum Gasteiger partial charge on any atom is 0.281 e. The van der Waals surface area contributed by atoms with Crippen LogP contribution in [0, 0.1) is 5.41 Å². The zero-order valence-corrected chi connectivity index (χ0v) is 12.9. The number of allylic oxidation sites excluding steroid dienone is 4. The van der Waals surface area contributed by atoms with Crippen LogP contribution in [0.2, 0.25) is 0 Å². The molecule has 0 bridgehead atoms. The monoisotopic (exact) mass is 342 g/mol. The van der Waals surface area contributed by atoms with Crippen molar-refractivity contribution in [1.29, 1.82) is 5.41 Å². The molecule has 0 radical (unpaired) electrons. The molecule has 7 heteroatoms. The Kier molecular flexibility index (Phi) is 4.36. The molecule has 2 rings (SSSR count). The van der Waals surface area contributed by atoms with E-state index in [-0.39, 0.29) is 16.8 Å². The molecule has 1 aromatic rings. The molecule has 19 heavy (non-hydrogen) atoms.